The summed E-state index contributed by atoms with van der Waals surface area (Å²) in [5.74, 6) is 3.73. The smallest absolute Gasteiger partial charge is 0.0500 e. The minimum Gasteiger partial charge on any atom is -0.381 e. The summed E-state index contributed by atoms with van der Waals surface area (Å²) in [4.78, 5) is 0. The minimum absolute atomic E-state index is 0.498. The number of hydrogen-bond donors (Lipinski definition) is 1. The van der Waals surface area contributed by atoms with Gasteiger partial charge < -0.3 is 10.1 Å². The van der Waals surface area contributed by atoms with Crippen molar-refractivity contribution in [1.82, 2.24) is 5.32 Å². The maximum absolute atomic E-state index is 5.56. The molecule has 0 aromatic carbocycles. The molecule has 0 radical (unpaired) electrons. The predicted octanol–water partition coefficient (Wildman–Crippen LogP) is 3.07. The van der Waals surface area contributed by atoms with E-state index >= 15 is 0 Å². The van der Waals surface area contributed by atoms with Crippen molar-refractivity contribution in [3.63, 3.8) is 0 Å². The van der Waals surface area contributed by atoms with Crippen molar-refractivity contribution in [3.8, 4) is 0 Å². The Hall–Kier alpha value is -0.0800. The summed E-state index contributed by atoms with van der Waals surface area (Å²) >= 11 is 0. The zero-order valence-electron chi connectivity index (χ0n) is 12.2. The summed E-state index contributed by atoms with van der Waals surface area (Å²) in [6, 6.07) is 0.790. The molecule has 2 saturated carbocycles. The molecular weight excluding hydrogens is 222 g/mol. The lowest BCUT2D eigenvalue weighted by atomic mass is 9.80. The molecular formula is C16H29NO. The van der Waals surface area contributed by atoms with Crippen LogP contribution in [0.2, 0.25) is 0 Å². The van der Waals surface area contributed by atoms with Crippen LogP contribution in [0.4, 0.5) is 0 Å². The Morgan fingerprint density at radius 3 is 2.56 bits per heavy atom. The molecule has 104 valence electrons. The van der Waals surface area contributed by atoms with Crippen LogP contribution < -0.4 is 5.32 Å². The molecule has 1 N–H and O–H groups in total. The van der Waals surface area contributed by atoms with Gasteiger partial charge in [0.05, 0.1) is 0 Å². The number of rotatable bonds is 3. The summed E-state index contributed by atoms with van der Waals surface area (Å²) < 4.78 is 5.56. The first-order chi connectivity index (χ1) is 8.55. The third-order valence-electron chi connectivity index (χ3n) is 5.71. The molecule has 2 nitrogen and oxygen atoms in total. The SMILES string of the molecule is CC(C)(C)C1CCC(NCC2C3CCOCC32)C1. The second-order valence-corrected chi connectivity index (χ2v) is 7.84. The summed E-state index contributed by atoms with van der Waals surface area (Å²) in [5, 5.41) is 3.85. The summed E-state index contributed by atoms with van der Waals surface area (Å²) in [5.41, 5.74) is 0.498. The highest BCUT2D eigenvalue weighted by Crippen LogP contribution is 2.50. The van der Waals surface area contributed by atoms with Crippen LogP contribution in [0.25, 0.3) is 0 Å². The van der Waals surface area contributed by atoms with Gasteiger partial charge in [-0.05, 0) is 61.3 Å². The average Bonchev–Trinajstić information content (AvgIpc) is 2.80. The average molecular weight is 251 g/mol. The van der Waals surface area contributed by atoms with Crippen molar-refractivity contribution in [1.29, 1.82) is 0 Å². The second kappa shape index (κ2) is 4.79. The van der Waals surface area contributed by atoms with Gasteiger partial charge in [0.1, 0.15) is 0 Å². The number of nitrogens with one attached hydrogen (secondary N) is 1. The van der Waals surface area contributed by atoms with Gasteiger partial charge in [-0.25, -0.2) is 0 Å². The van der Waals surface area contributed by atoms with E-state index in [2.05, 4.69) is 26.1 Å². The number of fused-ring (bicyclic) bond motifs is 1. The number of ether oxygens (including phenoxy) is 1. The molecule has 0 amide bonds. The molecule has 3 aliphatic rings. The first-order valence-electron chi connectivity index (χ1n) is 7.87. The largest absolute Gasteiger partial charge is 0.381 e. The molecule has 2 heteroatoms. The molecule has 1 heterocycles. The molecule has 5 atom stereocenters. The van der Waals surface area contributed by atoms with E-state index in [9.17, 15) is 0 Å². The van der Waals surface area contributed by atoms with E-state index < -0.39 is 0 Å². The van der Waals surface area contributed by atoms with Crippen molar-refractivity contribution in [2.24, 2.45) is 29.1 Å². The van der Waals surface area contributed by atoms with Crippen LogP contribution in [0.1, 0.15) is 46.5 Å². The van der Waals surface area contributed by atoms with Crippen molar-refractivity contribution >= 4 is 0 Å². The fraction of sp³-hybridized carbons (Fsp3) is 1.00. The Bertz CT molecular complexity index is 284. The second-order valence-electron chi connectivity index (χ2n) is 7.84. The molecule has 0 bridgehead atoms. The van der Waals surface area contributed by atoms with Crippen LogP contribution in [0.5, 0.6) is 0 Å². The lowest BCUT2D eigenvalue weighted by Crippen LogP contribution is -2.30. The van der Waals surface area contributed by atoms with Gasteiger partial charge in [0.2, 0.25) is 0 Å². The van der Waals surface area contributed by atoms with Gasteiger partial charge in [0.15, 0.2) is 0 Å². The fourth-order valence-electron chi connectivity index (χ4n) is 4.20. The van der Waals surface area contributed by atoms with Crippen LogP contribution in [0.3, 0.4) is 0 Å². The van der Waals surface area contributed by atoms with Crippen LogP contribution >= 0.6 is 0 Å². The van der Waals surface area contributed by atoms with Gasteiger partial charge in [0, 0.05) is 19.3 Å². The molecule has 2 aliphatic carbocycles. The molecule has 1 saturated heterocycles. The quantitative estimate of drug-likeness (QED) is 0.832. The van der Waals surface area contributed by atoms with Crippen molar-refractivity contribution in [2.45, 2.75) is 52.5 Å². The third kappa shape index (κ3) is 2.60. The van der Waals surface area contributed by atoms with E-state index in [0.29, 0.717) is 5.41 Å². The molecule has 0 aromatic rings. The fourth-order valence-corrected chi connectivity index (χ4v) is 4.20. The van der Waals surface area contributed by atoms with E-state index in [1.165, 1.54) is 32.2 Å². The van der Waals surface area contributed by atoms with Gasteiger partial charge in [-0.15, -0.1) is 0 Å². The Kier molecular flexibility index (Phi) is 3.44. The maximum Gasteiger partial charge on any atom is 0.0500 e. The molecule has 3 fully saturated rings. The van der Waals surface area contributed by atoms with E-state index in [4.69, 9.17) is 4.74 Å². The summed E-state index contributed by atoms with van der Waals surface area (Å²) in [7, 11) is 0. The molecule has 0 aromatic heterocycles. The molecule has 1 aliphatic heterocycles. The summed E-state index contributed by atoms with van der Waals surface area (Å²) in [6.07, 6.45) is 5.51. The maximum atomic E-state index is 5.56. The van der Waals surface area contributed by atoms with E-state index in [-0.39, 0.29) is 0 Å². The molecule has 0 spiro atoms. The first kappa shape index (κ1) is 12.9. The Labute approximate surface area is 112 Å². The van der Waals surface area contributed by atoms with E-state index in [1.807, 2.05) is 0 Å². The third-order valence-corrected chi connectivity index (χ3v) is 5.71. The summed E-state index contributed by atoms with van der Waals surface area (Å²) in [6.45, 7) is 10.5. The lowest BCUT2D eigenvalue weighted by Gasteiger charge is -2.27. The Morgan fingerprint density at radius 1 is 1.11 bits per heavy atom. The van der Waals surface area contributed by atoms with Gasteiger partial charge in [-0.2, -0.15) is 0 Å². The molecule has 3 rings (SSSR count). The van der Waals surface area contributed by atoms with Crippen LogP contribution in [0.15, 0.2) is 0 Å². The van der Waals surface area contributed by atoms with Crippen LogP contribution in [-0.2, 0) is 4.74 Å². The zero-order chi connectivity index (χ0) is 12.8. The first-order valence-corrected chi connectivity index (χ1v) is 7.87. The number of hydrogen-bond acceptors (Lipinski definition) is 2. The van der Waals surface area contributed by atoms with Gasteiger partial charge in [-0.1, -0.05) is 20.8 Å². The van der Waals surface area contributed by atoms with Crippen molar-refractivity contribution in [2.75, 3.05) is 19.8 Å². The monoisotopic (exact) mass is 251 g/mol. The van der Waals surface area contributed by atoms with Crippen molar-refractivity contribution < 1.29 is 4.74 Å². The van der Waals surface area contributed by atoms with Gasteiger partial charge in [-0.3, -0.25) is 0 Å². The highest BCUT2D eigenvalue weighted by atomic mass is 16.5. The van der Waals surface area contributed by atoms with E-state index in [0.717, 1.165) is 42.9 Å². The molecule has 18 heavy (non-hydrogen) atoms. The standard InChI is InChI=1S/C16H29NO/c1-16(2,3)11-4-5-12(8-11)17-9-14-13-6-7-18-10-15(13)14/h11-15,17H,4-10H2,1-3H3. The highest BCUT2D eigenvalue weighted by molar-refractivity contribution is 5.00. The zero-order valence-corrected chi connectivity index (χ0v) is 12.2. The van der Waals surface area contributed by atoms with Crippen LogP contribution in [-0.4, -0.2) is 25.8 Å². The van der Waals surface area contributed by atoms with Gasteiger partial charge in [0.25, 0.3) is 0 Å². The normalized spacial score (nSPS) is 43.8. The van der Waals surface area contributed by atoms with Crippen molar-refractivity contribution in [3.05, 3.63) is 0 Å². The lowest BCUT2D eigenvalue weighted by molar-refractivity contribution is 0.0884. The Balaban J connectivity index is 1.40. The minimum atomic E-state index is 0.498. The predicted molar refractivity (Wildman–Crippen MR) is 74.5 cm³/mol. The highest BCUT2D eigenvalue weighted by Gasteiger charge is 2.51. The van der Waals surface area contributed by atoms with E-state index in [1.54, 1.807) is 0 Å². The molecule has 5 unspecified atom stereocenters. The van der Waals surface area contributed by atoms with Gasteiger partial charge >= 0.3 is 0 Å². The Morgan fingerprint density at radius 2 is 1.94 bits per heavy atom. The topological polar surface area (TPSA) is 21.3 Å². The van der Waals surface area contributed by atoms with Crippen LogP contribution in [0, 0.1) is 29.1 Å².